The first kappa shape index (κ1) is 19.4. The van der Waals surface area contributed by atoms with Crippen molar-refractivity contribution < 1.29 is 8.42 Å². The topological polar surface area (TPSA) is 91.3 Å². The van der Waals surface area contributed by atoms with Gasteiger partial charge in [-0.05, 0) is 17.7 Å². The van der Waals surface area contributed by atoms with E-state index in [9.17, 15) is 8.42 Å². The number of sulfonamides is 1. The Kier molecular flexibility index (Phi) is 6.15. The van der Waals surface area contributed by atoms with Crippen molar-refractivity contribution in [3.8, 4) is 0 Å². The maximum absolute atomic E-state index is 12.3. The molecule has 136 valence electrons. The van der Waals surface area contributed by atoms with E-state index in [0.29, 0.717) is 28.3 Å². The van der Waals surface area contributed by atoms with E-state index in [2.05, 4.69) is 19.7 Å². The molecule has 0 saturated carbocycles. The lowest BCUT2D eigenvalue weighted by Gasteiger charge is -2.16. The molecule has 0 fully saturated rings. The molecule has 0 saturated heterocycles. The van der Waals surface area contributed by atoms with Crippen LogP contribution in [-0.4, -0.2) is 51.6 Å². The zero-order valence-electron chi connectivity index (χ0n) is 14.6. The third kappa shape index (κ3) is 5.80. The van der Waals surface area contributed by atoms with E-state index >= 15 is 0 Å². The Morgan fingerprint density at radius 1 is 0.960 bits per heavy atom. The van der Waals surface area contributed by atoms with Gasteiger partial charge in [-0.3, -0.25) is 0 Å². The van der Waals surface area contributed by atoms with Crippen LogP contribution >= 0.6 is 11.6 Å². The van der Waals surface area contributed by atoms with E-state index in [1.807, 2.05) is 28.2 Å². The summed E-state index contributed by atoms with van der Waals surface area (Å²) in [6.07, 6.45) is 0. The van der Waals surface area contributed by atoms with Gasteiger partial charge in [0.05, 0.1) is 12.3 Å². The Labute approximate surface area is 152 Å². The molecule has 1 N–H and O–H groups in total. The standard InChI is InChI=1S/C15H21ClN6O2S/c1-21(2)14-18-13(19-15(20-14)22(3)4)9-17-25(23,24)10-11-5-7-12(16)8-6-11/h5-8,17H,9-10H2,1-4H3. The zero-order chi connectivity index (χ0) is 18.6. The van der Waals surface area contributed by atoms with Gasteiger partial charge in [-0.15, -0.1) is 0 Å². The molecule has 2 rings (SSSR count). The molecule has 2 aromatic rings. The van der Waals surface area contributed by atoms with Crippen LogP contribution in [-0.2, 0) is 22.3 Å². The molecular weight excluding hydrogens is 364 g/mol. The summed E-state index contributed by atoms with van der Waals surface area (Å²) in [5.41, 5.74) is 0.649. The largest absolute Gasteiger partial charge is 0.347 e. The summed E-state index contributed by atoms with van der Waals surface area (Å²) in [5, 5.41) is 0.562. The summed E-state index contributed by atoms with van der Waals surface area (Å²) in [4.78, 5) is 16.3. The van der Waals surface area contributed by atoms with Gasteiger partial charge in [-0.25, -0.2) is 13.1 Å². The summed E-state index contributed by atoms with van der Waals surface area (Å²) in [6, 6.07) is 6.67. The van der Waals surface area contributed by atoms with Crippen LogP contribution in [0.5, 0.6) is 0 Å². The van der Waals surface area contributed by atoms with Crippen LogP contribution in [0.15, 0.2) is 24.3 Å². The molecule has 1 aromatic heterocycles. The minimum atomic E-state index is -3.53. The SMILES string of the molecule is CN(C)c1nc(CNS(=O)(=O)Cc2ccc(Cl)cc2)nc(N(C)C)n1. The molecule has 0 radical (unpaired) electrons. The molecule has 8 nitrogen and oxygen atoms in total. The maximum atomic E-state index is 12.3. The highest BCUT2D eigenvalue weighted by Gasteiger charge is 2.15. The van der Waals surface area contributed by atoms with Crippen molar-refractivity contribution in [1.29, 1.82) is 0 Å². The van der Waals surface area contributed by atoms with Crippen LogP contribution < -0.4 is 14.5 Å². The van der Waals surface area contributed by atoms with Crippen molar-refractivity contribution in [2.24, 2.45) is 0 Å². The van der Waals surface area contributed by atoms with E-state index in [4.69, 9.17) is 11.6 Å². The number of nitrogens with one attached hydrogen (secondary N) is 1. The van der Waals surface area contributed by atoms with E-state index < -0.39 is 10.0 Å². The Morgan fingerprint density at radius 2 is 1.48 bits per heavy atom. The third-order valence-corrected chi connectivity index (χ3v) is 4.73. The smallest absolute Gasteiger partial charge is 0.229 e. The molecule has 0 aliphatic carbocycles. The van der Waals surface area contributed by atoms with Gasteiger partial charge in [0.25, 0.3) is 0 Å². The van der Waals surface area contributed by atoms with E-state index in [1.54, 1.807) is 34.1 Å². The summed E-state index contributed by atoms with van der Waals surface area (Å²) in [7, 11) is 3.70. The molecule has 10 heteroatoms. The van der Waals surface area contributed by atoms with Gasteiger partial charge < -0.3 is 9.80 Å². The number of hydrogen-bond acceptors (Lipinski definition) is 7. The Balaban J connectivity index is 2.12. The number of halogens is 1. The van der Waals surface area contributed by atoms with Crippen molar-refractivity contribution in [3.05, 3.63) is 40.7 Å². The predicted molar refractivity (Wildman–Crippen MR) is 99.4 cm³/mol. The Bertz CT molecular complexity index is 798. The minimum Gasteiger partial charge on any atom is -0.347 e. The molecule has 0 spiro atoms. The molecule has 0 unspecified atom stereocenters. The molecule has 0 bridgehead atoms. The molecule has 0 atom stereocenters. The minimum absolute atomic E-state index is 0.0138. The third-order valence-electron chi connectivity index (χ3n) is 3.18. The summed E-state index contributed by atoms with van der Waals surface area (Å²) in [6.45, 7) is -0.0138. The molecule has 0 aliphatic heterocycles. The van der Waals surface area contributed by atoms with Crippen molar-refractivity contribution in [1.82, 2.24) is 19.7 Å². The molecule has 1 aromatic carbocycles. The van der Waals surface area contributed by atoms with Crippen LogP contribution in [0.4, 0.5) is 11.9 Å². The predicted octanol–water partition coefficient (Wildman–Crippen LogP) is 1.28. The monoisotopic (exact) mass is 384 g/mol. The van der Waals surface area contributed by atoms with E-state index in [0.717, 1.165) is 0 Å². The highest BCUT2D eigenvalue weighted by atomic mass is 35.5. The first-order valence-electron chi connectivity index (χ1n) is 7.47. The average molecular weight is 385 g/mol. The van der Waals surface area contributed by atoms with Gasteiger partial charge in [-0.2, -0.15) is 15.0 Å². The number of anilines is 2. The molecule has 25 heavy (non-hydrogen) atoms. The van der Waals surface area contributed by atoms with Crippen LogP contribution in [0.25, 0.3) is 0 Å². The van der Waals surface area contributed by atoms with Crippen LogP contribution in [0.3, 0.4) is 0 Å². The van der Waals surface area contributed by atoms with E-state index in [1.165, 1.54) is 0 Å². The Morgan fingerprint density at radius 3 is 1.96 bits per heavy atom. The number of benzene rings is 1. The van der Waals surface area contributed by atoms with Gasteiger partial charge in [0, 0.05) is 33.2 Å². The Hall–Kier alpha value is -1.97. The molecular formula is C15H21ClN6O2S. The molecule has 1 heterocycles. The summed E-state index contributed by atoms with van der Waals surface area (Å²) < 4.78 is 27.0. The van der Waals surface area contributed by atoms with Gasteiger partial charge in [0.2, 0.25) is 21.9 Å². The van der Waals surface area contributed by atoms with Crippen molar-refractivity contribution in [3.63, 3.8) is 0 Å². The van der Waals surface area contributed by atoms with Crippen LogP contribution in [0.2, 0.25) is 5.02 Å². The number of nitrogens with zero attached hydrogens (tertiary/aromatic N) is 5. The number of rotatable bonds is 7. The fourth-order valence-corrected chi connectivity index (χ4v) is 3.11. The lowest BCUT2D eigenvalue weighted by Crippen LogP contribution is -2.27. The van der Waals surface area contributed by atoms with Crippen molar-refractivity contribution in [2.75, 3.05) is 38.0 Å². The van der Waals surface area contributed by atoms with Gasteiger partial charge >= 0.3 is 0 Å². The second-order valence-corrected chi connectivity index (χ2v) is 8.09. The normalized spacial score (nSPS) is 11.4. The molecule has 0 amide bonds. The lowest BCUT2D eigenvalue weighted by molar-refractivity contribution is 0.578. The van der Waals surface area contributed by atoms with Gasteiger partial charge in [0.1, 0.15) is 0 Å². The lowest BCUT2D eigenvalue weighted by atomic mass is 10.2. The second kappa shape index (κ2) is 7.94. The maximum Gasteiger partial charge on any atom is 0.229 e. The summed E-state index contributed by atoms with van der Waals surface area (Å²) >= 11 is 5.81. The van der Waals surface area contributed by atoms with Crippen LogP contribution in [0.1, 0.15) is 11.4 Å². The average Bonchev–Trinajstić information content (AvgIpc) is 2.54. The first-order valence-corrected chi connectivity index (χ1v) is 9.51. The first-order chi connectivity index (χ1) is 11.7. The molecule has 0 aliphatic rings. The van der Waals surface area contributed by atoms with Crippen molar-refractivity contribution >= 4 is 33.5 Å². The fourth-order valence-electron chi connectivity index (χ4n) is 1.90. The number of aromatic nitrogens is 3. The van der Waals surface area contributed by atoms with Crippen LogP contribution in [0, 0.1) is 0 Å². The van der Waals surface area contributed by atoms with Gasteiger partial charge in [-0.1, -0.05) is 23.7 Å². The van der Waals surface area contributed by atoms with Gasteiger partial charge in [0.15, 0.2) is 5.82 Å². The quantitative estimate of drug-likeness (QED) is 0.768. The highest BCUT2D eigenvalue weighted by molar-refractivity contribution is 7.88. The summed E-state index contributed by atoms with van der Waals surface area (Å²) in [5.74, 6) is 1.13. The van der Waals surface area contributed by atoms with Crippen molar-refractivity contribution in [2.45, 2.75) is 12.3 Å². The number of hydrogen-bond donors (Lipinski definition) is 1. The highest BCUT2D eigenvalue weighted by Crippen LogP contribution is 2.13. The second-order valence-electron chi connectivity index (χ2n) is 5.85. The fraction of sp³-hybridized carbons (Fsp3) is 0.400. The van der Waals surface area contributed by atoms with E-state index in [-0.39, 0.29) is 12.3 Å². The zero-order valence-corrected chi connectivity index (χ0v) is 16.1.